The molecule has 1 fully saturated rings. The summed E-state index contributed by atoms with van der Waals surface area (Å²) in [5.74, 6) is 0.822. The van der Waals surface area contributed by atoms with Crippen molar-refractivity contribution in [3.63, 3.8) is 0 Å². The van der Waals surface area contributed by atoms with Crippen LogP contribution in [0.25, 0.3) is 5.82 Å². The normalized spacial score (nSPS) is 14.5. The molecule has 9 nitrogen and oxygen atoms in total. The van der Waals surface area contributed by atoms with E-state index in [1.807, 2.05) is 24.4 Å². The average molecular weight is 442 g/mol. The van der Waals surface area contributed by atoms with Crippen LogP contribution in [0.5, 0.6) is 0 Å². The lowest BCUT2D eigenvalue weighted by Crippen LogP contribution is -2.46. The molecule has 0 saturated carbocycles. The van der Waals surface area contributed by atoms with E-state index < -0.39 is 0 Å². The Morgan fingerprint density at radius 3 is 2.62 bits per heavy atom. The number of amides is 3. The molecule has 2 N–H and O–H groups in total. The van der Waals surface area contributed by atoms with Crippen molar-refractivity contribution < 1.29 is 9.59 Å². The van der Waals surface area contributed by atoms with Gasteiger partial charge in [0, 0.05) is 50.7 Å². The number of aromatic nitrogens is 3. The molecule has 0 atom stereocenters. The van der Waals surface area contributed by atoms with E-state index in [-0.39, 0.29) is 17.9 Å². The van der Waals surface area contributed by atoms with Crippen LogP contribution in [0.1, 0.15) is 38.7 Å². The van der Waals surface area contributed by atoms with E-state index in [0.29, 0.717) is 44.8 Å². The molecule has 2 aromatic heterocycles. The highest BCUT2D eigenvalue weighted by Crippen LogP contribution is 2.17. The number of nitrogens with zero attached hydrogens (tertiary/aromatic N) is 5. The third-order valence-electron chi connectivity index (χ3n) is 5.99. The maximum absolute atomic E-state index is 12.6. The van der Waals surface area contributed by atoms with E-state index in [1.54, 1.807) is 22.0 Å². The van der Waals surface area contributed by atoms with Gasteiger partial charge >= 0.3 is 6.03 Å². The Bertz CT molecular complexity index is 844. The zero-order valence-electron chi connectivity index (χ0n) is 19.2. The Labute approximate surface area is 190 Å². The number of carbonyl (C=O) groups is 2. The van der Waals surface area contributed by atoms with E-state index in [4.69, 9.17) is 0 Å². The fourth-order valence-corrected chi connectivity index (χ4v) is 3.93. The van der Waals surface area contributed by atoms with Gasteiger partial charge in [0.05, 0.1) is 0 Å². The minimum absolute atomic E-state index is 0.00988. The van der Waals surface area contributed by atoms with E-state index >= 15 is 0 Å². The van der Waals surface area contributed by atoms with Gasteiger partial charge in [-0.2, -0.15) is 5.10 Å². The number of nitrogens with one attached hydrogen (secondary N) is 2. The van der Waals surface area contributed by atoms with Gasteiger partial charge < -0.3 is 20.4 Å². The van der Waals surface area contributed by atoms with Crippen molar-refractivity contribution in [1.82, 2.24) is 35.2 Å². The molecule has 0 bridgehead atoms. The first-order chi connectivity index (χ1) is 15.6. The molecule has 0 spiro atoms. The lowest BCUT2D eigenvalue weighted by atomic mass is 9.96. The van der Waals surface area contributed by atoms with Crippen molar-refractivity contribution in [2.45, 2.75) is 39.7 Å². The lowest BCUT2D eigenvalue weighted by molar-refractivity contribution is -0.126. The number of likely N-dealkylation sites (tertiary alicyclic amines) is 1. The summed E-state index contributed by atoms with van der Waals surface area (Å²) in [5.41, 5.74) is 0.956. The van der Waals surface area contributed by atoms with Gasteiger partial charge in [-0.3, -0.25) is 4.79 Å². The van der Waals surface area contributed by atoms with Crippen LogP contribution in [0.3, 0.4) is 0 Å². The SMILES string of the molecule is CCN(CC)CCCNC(=O)C1CCN(C(=O)NCc2ccnc(-n3cccn3)c2)CC1. The van der Waals surface area contributed by atoms with Gasteiger partial charge in [-0.1, -0.05) is 13.8 Å². The van der Waals surface area contributed by atoms with Crippen LogP contribution in [0.4, 0.5) is 4.79 Å². The van der Waals surface area contributed by atoms with Gasteiger partial charge in [-0.25, -0.2) is 14.5 Å². The molecular weight excluding hydrogens is 406 g/mol. The first-order valence-corrected chi connectivity index (χ1v) is 11.6. The van der Waals surface area contributed by atoms with Crippen LogP contribution in [-0.2, 0) is 11.3 Å². The van der Waals surface area contributed by atoms with Gasteiger partial charge in [0.25, 0.3) is 0 Å². The molecule has 174 valence electrons. The zero-order valence-corrected chi connectivity index (χ0v) is 19.2. The number of carbonyl (C=O) groups excluding carboxylic acids is 2. The molecule has 0 radical (unpaired) electrons. The summed E-state index contributed by atoms with van der Waals surface area (Å²) in [5, 5.41) is 10.2. The molecule has 1 saturated heterocycles. The Balaban J connectivity index is 1.36. The molecule has 0 aliphatic carbocycles. The summed E-state index contributed by atoms with van der Waals surface area (Å²) in [6.45, 7) is 9.72. The predicted molar refractivity (Wildman–Crippen MR) is 123 cm³/mol. The van der Waals surface area contributed by atoms with Crippen molar-refractivity contribution in [1.29, 1.82) is 0 Å². The van der Waals surface area contributed by atoms with Crippen molar-refractivity contribution in [2.75, 3.05) is 39.3 Å². The molecule has 0 unspecified atom stereocenters. The molecule has 3 rings (SSSR count). The van der Waals surface area contributed by atoms with Crippen LogP contribution in [0.2, 0.25) is 0 Å². The summed E-state index contributed by atoms with van der Waals surface area (Å²) in [6.07, 6.45) is 7.61. The van der Waals surface area contributed by atoms with Gasteiger partial charge in [-0.15, -0.1) is 0 Å². The molecule has 9 heteroatoms. The third kappa shape index (κ3) is 6.78. The van der Waals surface area contributed by atoms with Crippen molar-refractivity contribution in [3.8, 4) is 5.82 Å². The summed E-state index contributed by atoms with van der Waals surface area (Å²) >= 11 is 0. The van der Waals surface area contributed by atoms with E-state index in [0.717, 1.165) is 31.6 Å². The Hall–Kier alpha value is -2.94. The minimum atomic E-state index is -0.0967. The lowest BCUT2D eigenvalue weighted by Gasteiger charge is -2.31. The second kappa shape index (κ2) is 12.2. The highest BCUT2D eigenvalue weighted by atomic mass is 16.2. The van der Waals surface area contributed by atoms with Gasteiger partial charge in [0.15, 0.2) is 5.82 Å². The van der Waals surface area contributed by atoms with Crippen molar-refractivity contribution in [2.24, 2.45) is 5.92 Å². The molecular formula is C23H35N7O2. The number of urea groups is 1. The first-order valence-electron chi connectivity index (χ1n) is 11.6. The standard InChI is InChI=1S/C23H35N7O2/c1-3-28(4-2)13-5-10-25-22(31)20-8-15-29(16-9-20)23(32)26-18-19-7-12-24-21(17-19)30-14-6-11-27-30/h6-7,11-12,14,17,20H,3-5,8-10,13,15-16,18H2,1-2H3,(H,25,31)(H,26,32). The largest absolute Gasteiger partial charge is 0.356 e. The molecule has 3 heterocycles. The molecule has 3 amide bonds. The predicted octanol–water partition coefficient (Wildman–Crippen LogP) is 2.04. The number of hydrogen-bond donors (Lipinski definition) is 2. The first kappa shape index (κ1) is 23.7. The third-order valence-corrected chi connectivity index (χ3v) is 5.99. The molecule has 0 aromatic carbocycles. The summed E-state index contributed by atoms with van der Waals surface area (Å²) < 4.78 is 1.69. The zero-order chi connectivity index (χ0) is 22.8. The summed E-state index contributed by atoms with van der Waals surface area (Å²) in [7, 11) is 0. The van der Waals surface area contributed by atoms with Crippen molar-refractivity contribution >= 4 is 11.9 Å². The Kier molecular flexibility index (Phi) is 9.03. The molecule has 1 aliphatic rings. The summed E-state index contributed by atoms with van der Waals surface area (Å²) in [6, 6.07) is 5.53. The van der Waals surface area contributed by atoms with Gasteiger partial charge in [0.2, 0.25) is 5.91 Å². The molecule has 2 aromatic rings. The maximum Gasteiger partial charge on any atom is 0.317 e. The summed E-state index contributed by atoms with van der Waals surface area (Å²) in [4.78, 5) is 33.5. The highest BCUT2D eigenvalue weighted by molar-refractivity contribution is 5.79. The van der Waals surface area contributed by atoms with Crippen molar-refractivity contribution in [3.05, 3.63) is 42.4 Å². The second-order valence-corrected chi connectivity index (χ2v) is 8.06. The van der Waals surface area contributed by atoms with Crippen LogP contribution >= 0.6 is 0 Å². The monoisotopic (exact) mass is 441 g/mol. The van der Waals surface area contributed by atoms with E-state index in [2.05, 4.69) is 39.5 Å². The highest BCUT2D eigenvalue weighted by Gasteiger charge is 2.27. The number of piperidine rings is 1. The number of pyridine rings is 1. The van der Waals surface area contributed by atoms with Crippen LogP contribution in [0.15, 0.2) is 36.8 Å². The van der Waals surface area contributed by atoms with Gasteiger partial charge in [-0.05, 0) is 62.7 Å². The fraction of sp³-hybridized carbons (Fsp3) is 0.565. The Morgan fingerprint density at radius 1 is 1.16 bits per heavy atom. The van der Waals surface area contributed by atoms with Gasteiger partial charge in [0.1, 0.15) is 0 Å². The number of rotatable bonds is 10. The number of hydrogen-bond acceptors (Lipinski definition) is 5. The quantitative estimate of drug-likeness (QED) is 0.550. The minimum Gasteiger partial charge on any atom is -0.356 e. The smallest absolute Gasteiger partial charge is 0.317 e. The Morgan fingerprint density at radius 2 is 1.94 bits per heavy atom. The van der Waals surface area contributed by atoms with E-state index in [9.17, 15) is 9.59 Å². The fourth-order valence-electron chi connectivity index (χ4n) is 3.93. The van der Waals surface area contributed by atoms with Crippen LogP contribution in [-0.4, -0.2) is 75.8 Å². The van der Waals surface area contributed by atoms with E-state index in [1.165, 1.54) is 0 Å². The van der Waals surface area contributed by atoms with Crippen LogP contribution in [0, 0.1) is 5.92 Å². The molecule has 1 aliphatic heterocycles. The molecule has 32 heavy (non-hydrogen) atoms. The average Bonchev–Trinajstić information content (AvgIpc) is 3.38. The second-order valence-electron chi connectivity index (χ2n) is 8.06. The maximum atomic E-state index is 12.6. The topological polar surface area (TPSA) is 95.4 Å². The van der Waals surface area contributed by atoms with Crippen LogP contribution < -0.4 is 10.6 Å².